The van der Waals surface area contributed by atoms with Crippen molar-refractivity contribution in [1.29, 1.82) is 0 Å². The van der Waals surface area contributed by atoms with Crippen molar-refractivity contribution in [1.82, 2.24) is 19.4 Å². The maximum absolute atomic E-state index is 13.1. The number of aromatic nitrogens is 3. The Morgan fingerprint density at radius 1 is 0.912 bits per heavy atom. The fourth-order valence-corrected chi connectivity index (χ4v) is 5.38. The summed E-state index contributed by atoms with van der Waals surface area (Å²) in [6.07, 6.45) is 4.41. The zero-order chi connectivity index (χ0) is 23.4. The minimum atomic E-state index is -0.887. The number of carbonyl (C=O) groups is 2. The molecule has 1 aliphatic carbocycles. The van der Waals surface area contributed by atoms with Crippen LogP contribution in [0.3, 0.4) is 0 Å². The van der Waals surface area contributed by atoms with E-state index in [0.29, 0.717) is 41.9 Å². The van der Waals surface area contributed by atoms with Gasteiger partial charge >= 0.3 is 0 Å². The number of hydrogen-bond donors (Lipinski definition) is 2. The summed E-state index contributed by atoms with van der Waals surface area (Å²) in [5, 5.41) is 12.3. The molecule has 2 amide bonds. The number of carbonyl (C=O) groups excluding carboxylic acids is 2. The quantitative estimate of drug-likeness (QED) is 0.454. The zero-order valence-corrected chi connectivity index (χ0v) is 18.7. The SMILES string of the molecule is Nc1nc2ccccc2c2c1nc(CN1C(=O)c3ccccc3C1=O)n2CC1(O)CCCCC1. The molecule has 2 aromatic heterocycles. The number of benzene rings is 2. The van der Waals surface area contributed by atoms with Gasteiger partial charge in [0.15, 0.2) is 5.82 Å². The third-order valence-corrected chi connectivity index (χ3v) is 7.10. The van der Waals surface area contributed by atoms with E-state index in [0.717, 1.165) is 35.7 Å². The Morgan fingerprint density at radius 3 is 2.26 bits per heavy atom. The van der Waals surface area contributed by atoms with Crippen molar-refractivity contribution in [3.63, 3.8) is 0 Å². The van der Waals surface area contributed by atoms with Crippen LogP contribution in [0.1, 0.15) is 58.6 Å². The van der Waals surface area contributed by atoms with Gasteiger partial charge in [-0.2, -0.15) is 0 Å². The summed E-state index contributed by atoms with van der Waals surface area (Å²) in [4.78, 5) is 36.6. The van der Waals surface area contributed by atoms with Crippen molar-refractivity contribution in [2.24, 2.45) is 0 Å². The first kappa shape index (κ1) is 20.8. The first-order valence-electron chi connectivity index (χ1n) is 11.7. The lowest BCUT2D eigenvalue weighted by Crippen LogP contribution is -2.38. The number of imide groups is 1. The average Bonchev–Trinajstić information content (AvgIpc) is 3.31. The van der Waals surface area contributed by atoms with Gasteiger partial charge in [-0.05, 0) is 31.0 Å². The first-order chi connectivity index (χ1) is 16.5. The number of nitrogens with two attached hydrogens (primary N) is 1. The molecule has 172 valence electrons. The number of fused-ring (bicyclic) bond motifs is 4. The number of nitrogen functional groups attached to an aromatic ring is 1. The summed E-state index contributed by atoms with van der Waals surface area (Å²) >= 11 is 0. The highest BCUT2D eigenvalue weighted by atomic mass is 16.3. The second kappa shape index (κ2) is 7.63. The van der Waals surface area contributed by atoms with Crippen LogP contribution >= 0.6 is 0 Å². The molecule has 6 rings (SSSR count). The third kappa shape index (κ3) is 3.17. The van der Waals surface area contributed by atoms with Crippen molar-refractivity contribution >= 4 is 39.6 Å². The molecule has 1 saturated carbocycles. The van der Waals surface area contributed by atoms with E-state index in [1.807, 2.05) is 28.8 Å². The van der Waals surface area contributed by atoms with Gasteiger partial charge in [-0.3, -0.25) is 14.5 Å². The van der Waals surface area contributed by atoms with Gasteiger partial charge in [0.05, 0.1) is 40.9 Å². The molecule has 0 saturated heterocycles. The molecule has 0 spiro atoms. The largest absolute Gasteiger partial charge is 0.388 e. The Hall–Kier alpha value is -3.78. The van der Waals surface area contributed by atoms with E-state index in [2.05, 4.69) is 4.98 Å². The van der Waals surface area contributed by atoms with Gasteiger partial charge in [0.1, 0.15) is 11.3 Å². The molecular formula is C26H25N5O3. The third-order valence-electron chi connectivity index (χ3n) is 7.10. The Morgan fingerprint density at radius 2 is 1.56 bits per heavy atom. The second-order valence-corrected chi connectivity index (χ2v) is 9.35. The van der Waals surface area contributed by atoms with Crippen molar-refractivity contribution < 1.29 is 14.7 Å². The maximum Gasteiger partial charge on any atom is 0.261 e. The van der Waals surface area contributed by atoms with Crippen LogP contribution < -0.4 is 5.73 Å². The van der Waals surface area contributed by atoms with Crippen LogP contribution in [0.25, 0.3) is 21.9 Å². The lowest BCUT2D eigenvalue weighted by atomic mass is 9.84. The fraction of sp³-hybridized carbons (Fsp3) is 0.308. The van der Waals surface area contributed by atoms with Gasteiger partial charge < -0.3 is 15.4 Å². The molecule has 34 heavy (non-hydrogen) atoms. The molecule has 3 N–H and O–H groups in total. The molecule has 2 aromatic carbocycles. The predicted octanol–water partition coefficient (Wildman–Crippen LogP) is 3.66. The average molecular weight is 456 g/mol. The van der Waals surface area contributed by atoms with Gasteiger partial charge in [0.2, 0.25) is 0 Å². The van der Waals surface area contributed by atoms with Crippen LogP contribution in [0, 0.1) is 0 Å². The van der Waals surface area contributed by atoms with Crippen LogP contribution in [-0.4, -0.2) is 42.0 Å². The molecule has 0 unspecified atom stereocenters. The number of pyridine rings is 1. The number of hydrogen-bond acceptors (Lipinski definition) is 6. The van der Waals surface area contributed by atoms with Gasteiger partial charge in [0.25, 0.3) is 11.8 Å². The summed E-state index contributed by atoms with van der Waals surface area (Å²) in [6, 6.07) is 14.5. The summed E-state index contributed by atoms with van der Waals surface area (Å²) < 4.78 is 1.95. The maximum atomic E-state index is 13.1. The van der Waals surface area contributed by atoms with Crippen molar-refractivity contribution in [2.45, 2.75) is 50.8 Å². The molecular weight excluding hydrogens is 430 g/mol. The number of imidazole rings is 1. The molecule has 8 heteroatoms. The van der Waals surface area contributed by atoms with E-state index in [4.69, 9.17) is 10.7 Å². The van der Waals surface area contributed by atoms with E-state index in [1.165, 1.54) is 4.90 Å². The lowest BCUT2D eigenvalue weighted by Gasteiger charge is -2.33. The van der Waals surface area contributed by atoms with E-state index < -0.39 is 5.60 Å². The molecule has 1 aliphatic heterocycles. The van der Waals surface area contributed by atoms with Crippen LogP contribution in [-0.2, 0) is 13.1 Å². The monoisotopic (exact) mass is 455 g/mol. The van der Waals surface area contributed by atoms with Crippen LogP contribution in [0.5, 0.6) is 0 Å². The Labute approximate surface area is 196 Å². The Kier molecular flexibility index (Phi) is 4.67. The van der Waals surface area contributed by atoms with E-state index in [9.17, 15) is 14.7 Å². The van der Waals surface area contributed by atoms with E-state index >= 15 is 0 Å². The van der Waals surface area contributed by atoms with Crippen molar-refractivity contribution in [3.05, 3.63) is 65.5 Å². The summed E-state index contributed by atoms with van der Waals surface area (Å²) in [7, 11) is 0. The number of aliphatic hydroxyl groups is 1. The highest BCUT2D eigenvalue weighted by Gasteiger charge is 2.37. The highest BCUT2D eigenvalue weighted by Crippen LogP contribution is 2.35. The second-order valence-electron chi connectivity index (χ2n) is 9.35. The number of nitrogens with zero attached hydrogens (tertiary/aromatic N) is 4. The Balaban J connectivity index is 1.51. The lowest BCUT2D eigenvalue weighted by molar-refractivity contribution is -0.0113. The molecule has 4 aromatic rings. The number of para-hydroxylation sites is 1. The van der Waals surface area contributed by atoms with Gasteiger partial charge in [-0.15, -0.1) is 0 Å². The minimum Gasteiger partial charge on any atom is -0.388 e. The minimum absolute atomic E-state index is 0.00905. The van der Waals surface area contributed by atoms with Crippen molar-refractivity contribution in [3.8, 4) is 0 Å². The Bertz CT molecular complexity index is 1430. The molecule has 2 aliphatic rings. The summed E-state index contributed by atoms with van der Waals surface area (Å²) in [6.45, 7) is 0.306. The zero-order valence-electron chi connectivity index (χ0n) is 18.7. The van der Waals surface area contributed by atoms with Gasteiger partial charge in [-0.1, -0.05) is 49.6 Å². The van der Waals surface area contributed by atoms with Crippen LogP contribution in [0.15, 0.2) is 48.5 Å². The molecule has 0 atom stereocenters. The molecule has 1 fully saturated rings. The number of amides is 2. The van der Waals surface area contributed by atoms with E-state index in [-0.39, 0.29) is 24.2 Å². The van der Waals surface area contributed by atoms with E-state index in [1.54, 1.807) is 24.3 Å². The van der Waals surface area contributed by atoms with Gasteiger partial charge in [0, 0.05) is 5.39 Å². The topological polar surface area (TPSA) is 114 Å². The molecule has 3 heterocycles. The van der Waals surface area contributed by atoms with Gasteiger partial charge in [-0.25, -0.2) is 9.97 Å². The summed E-state index contributed by atoms with van der Waals surface area (Å²) in [5.41, 5.74) is 8.23. The number of anilines is 1. The number of rotatable bonds is 4. The predicted molar refractivity (Wildman–Crippen MR) is 128 cm³/mol. The van der Waals surface area contributed by atoms with Crippen LogP contribution in [0.2, 0.25) is 0 Å². The molecule has 8 nitrogen and oxygen atoms in total. The summed E-state index contributed by atoms with van der Waals surface area (Å²) in [5.74, 6) is 0.109. The van der Waals surface area contributed by atoms with Crippen molar-refractivity contribution in [2.75, 3.05) is 5.73 Å². The normalized spacial score (nSPS) is 17.6. The highest BCUT2D eigenvalue weighted by molar-refractivity contribution is 6.21. The molecule has 0 bridgehead atoms. The first-order valence-corrected chi connectivity index (χ1v) is 11.7. The standard InChI is InChI=1S/C26H25N5O3/c27-23-21-22(18-10-4-5-11-19(18)28-23)31(15-26(34)12-6-1-7-13-26)20(29-21)14-30-24(32)16-8-2-3-9-17(16)25(30)33/h2-5,8-11,34H,1,6-7,12-15H2,(H2,27,28). The molecule has 0 radical (unpaired) electrons. The fourth-order valence-electron chi connectivity index (χ4n) is 5.38. The smallest absolute Gasteiger partial charge is 0.261 e. The van der Waals surface area contributed by atoms with Crippen LogP contribution in [0.4, 0.5) is 5.82 Å².